The molecular weight excluding hydrogens is 274 g/mol. The number of likely N-dealkylation sites (N-methyl/N-ethyl adjacent to an activating group) is 1. The molecular formula is C19H21NO2. The lowest BCUT2D eigenvalue weighted by Gasteiger charge is -2.23. The van der Waals surface area contributed by atoms with Crippen LogP contribution in [0.5, 0.6) is 0 Å². The van der Waals surface area contributed by atoms with Crippen molar-refractivity contribution in [2.45, 2.75) is 31.2 Å². The molecule has 1 aliphatic rings. The number of carboxylic acid groups (broad SMARTS) is 1. The SMILES string of the molecule is CNC(CC1c2ccccc2CCc2ccccc21)C(=O)O. The standard InChI is InChI=1S/C19H21NO2/c1-20-18(19(21)22)12-17-15-8-4-2-6-13(15)10-11-14-7-3-5-9-16(14)17/h2-9,17-18,20H,10-12H2,1H3,(H,21,22). The molecule has 0 radical (unpaired) electrons. The summed E-state index contributed by atoms with van der Waals surface area (Å²) in [5.74, 6) is -0.662. The van der Waals surface area contributed by atoms with Gasteiger partial charge in [0.2, 0.25) is 0 Å². The smallest absolute Gasteiger partial charge is 0.320 e. The Bertz CT molecular complexity index is 633. The molecule has 0 spiro atoms. The molecule has 3 heteroatoms. The summed E-state index contributed by atoms with van der Waals surface area (Å²) in [5.41, 5.74) is 5.22. The molecule has 0 bridgehead atoms. The van der Waals surface area contributed by atoms with E-state index in [1.165, 1.54) is 22.3 Å². The number of rotatable bonds is 4. The highest BCUT2D eigenvalue weighted by molar-refractivity contribution is 5.73. The van der Waals surface area contributed by atoms with Crippen molar-refractivity contribution in [1.82, 2.24) is 5.32 Å². The molecule has 22 heavy (non-hydrogen) atoms. The van der Waals surface area contributed by atoms with E-state index in [1.54, 1.807) is 7.05 Å². The zero-order chi connectivity index (χ0) is 15.5. The van der Waals surface area contributed by atoms with E-state index >= 15 is 0 Å². The number of aryl methyl sites for hydroxylation is 2. The highest BCUT2D eigenvalue weighted by atomic mass is 16.4. The predicted molar refractivity (Wildman–Crippen MR) is 87.2 cm³/mol. The molecule has 3 nitrogen and oxygen atoms in total. The van der Waals surface area contributed by atoms with E-state index < -0.39 is 12.0 Å². The van der Waals surface area contributed by atoms with E-state index in [0.29, 0.717) is 6.42 Å². The number of carbonyl (C=O) groups is 1. The maximum Gasteiger partial charge on any atom is 0.320 e. The van der Waals surface area contributed by atoms with Gasteiger partial charge in [-0.1, -0.05) is 48.5 Å². The lowest BCUT2D eigenvalue weighted by Crippen LogP contribution is -2.35. The summed E-state index contributed by atoms with van der Waals surface area (Å²) in [7, 11) is 1.72. The van der Waals surface area contributed by atoms with Crippen LogP contribution >= 0.6 is 0 Å². The number of hydrogen-bond donors (Lipinski definition) is 2. The summed E-state index contributed by atoms with van der Waals surface area (Å²) >= 11 is 0. The average molecular weight is 295 g/mol. The third-order valence-corrected chi connectivity index (χ3v) is 4.64. The monoisotopic (exact) mass is 295 g/mol. The van der Waals surface area contributed by atoms with Gasteiger partial charge < -0.3 is 10.4 Å². The van der Waals surface area contributed by atoms with Crippen molar-refractivity contribution in [1.29, 1.82) is 0 Å². The van der Waals surface area contributed by atoms with Crippen LogP contribution in [0.3, 0.4) is 0 Å². The van der Waals surface area contributed by atoms with E-state index in [9.17, 15) is 9.90 Å². The number of carboxylic acids is 1. The zero-order valence-electron chi connectivity index (χ0n) is 12.8. The molecule has 0 heterocycles. The van der Waals surface area contributed by atoms with Gasteiger partial charge in [0, 0.05) is 5.92 Å². The van der Waals surface area contributed by atoms with Gasteiger partial charge in [0.1, 0.15) is 6.04 Å². The molecule has 0 fully saturated rings. The largest absolute Gasteiger partial charge is 0.480 e. The van der Waals surface area contributed by atoms with Gasteiger partial charge >= 0.3 is 5.97 Å². The van der Waals surface area contributed by atoms with Gasteiger partial charge in [0.05, 0.1) is 0 Å². The molecule has 1 atom stereocenters. The second kappa shape index (κ2) is 6.32. The summed E-state index contributed by atoms with van der Waals surface area (Å²) in [4.78, 5) is 11.5. The molecule has 0 aromatic heterocycles. The van der Waals surface area contributed by atoms with Gasteiger partial charge in [-0.05, 0) is 48.6 Å². The fourth-order valence-corrected chi connectivity index (χ4v) is 3.47. The second-order valence-electron chi connectivity index (χ2n) is 5.87. The molecule has 0 saturated heterocycles. The fraction of sp³-hybridized carbons (Fsp3) is 0.316. The van der Waals surface area contributed by atoms with Crippen molar-refractivity contribution in [3.63, 3.8) is 0 Å². The lowest BCUT2D eigenvalue weighted by molar-refractivity contribution is -0.139. The van der Waals surface area contributed by atoms with Gasteiger partial charge in [-0.2, -0.15) is 0 Å². The van der Waals surface area contributed by atoms with E-state index in [2.05, 4.69) is 53.8 Å². The Kier molecular flexibility index (Phi) is 4.25. The summed E-state index contributed by atoms with van der Waals surface area (Å²) in [6.07, 6.45) is 2.60. The third-order valence-electron chi connectivity index (χ3n) is 4.64. The van der Waals surface area contributed by atoms with Crippen LogP contribution in [0.15, 0.2) is 48.5 Å². The van der Waals surface area contributed by atoms with Crippen molar-refractivity contribution in [2.24, 2.45) is 0 Å². The van der Waals surface area contributed by atoms with Gasteiger partial charge in [-0.3, -0.25) is 4.79 Å². The van der Waals surface area contributed by atoms with E-state index in [1.807, 2.05) is 0 Å². The molecule has 0 aliphatic heterocycles. The minimum atomic E-state index is -0.790. The molecule has 0 saturated carbocycles. The minimum absolute atomic E-state index is 0.128. The van der Waals surface area contributed by atoms with Gasteiger partial charge in [-0.15, -0.1) is 0 Å². The van der Waals surface area contributed by atoms with Crippen LogP contribution in [0, 0.1) is 0 Å². The Hall–Kier alpha value is -2.13. The molecule has 1 aliphatic carbocycles. The Morgan fingerprint density at radius 3 is 2.05 bits per heavy atom. The number of nitrogens with one attached hydrogen (secondary N) is 1. The molecule has 1 unspecified atom stereocenters. The highest BCUT2D eigenvalue weighted by Gasteiger charge is 2.28. The minimum Gasteiger partial charge on any atom is -0.480 e. The molecule has 3 rings (SSSR count). The van der Waals surface area contributed by atoms with Crippen LogP contribution in [0.25, 0.3) is 0 Å². The van der Waals surface area contributed by atoms with Crippen LogP contribution in [0.4, 0.5) is 0 Å². The second-order valence-corrected chi connectivity index (χ2v) is 5.87. The van der Waals surface area contributed by atoms with Crippen LogP contribution < -0.4 is 5.32 Å². The van der Waals surface area contributed by atoms with Crippen molar-refractivity contribution in [3.05, 3.63) is 70.8 Å². The van der Waals surface area contributed by atoms with Gasteiger partial charge in [-0.25, -0.2) is 0 Å². The topological polar surface area (TPSA) is 49.3 Å². The maximum absolute atomic E-state index is 11.5. The summed E-state index contributed by atoms with van der Waals surface area (Å²) in [6.45, 7) is 0. The van der Waals surface area contributed by atoms with Gasteiger partial charge in [0.15, 0.2) is 0 Å². The van der Waals surface area contributed by atoms with Crippen molar-refractivity contribution in [3.8, 4) is 0 Å². The van der Waals surface area contributed by atoms with E-state index in [-0.39, 0.29) is 5.92 Å². The number of hydrogen-bond acceptors (Lipinski definition) is 2. The first-order chi connectivity index (χ1) is 10.7. The first-order valence-corrected chi connectivity index (χ1v) is 7.76. The number of benzene rings is 2. The van der Waals surface area contributed by atoms with Crippen molar-refractivity contribution < 1.29 is 9.90 Å². The predicted octanol–water partition coefficient (Wildman–Crippen LogP) is 2.98. The average Bonchev–Trinajstić information content (AvgIpc) is 2.69. The zero-order valence-corrected chi connectivity index (χ0v) is 12.8. The molecule has 2 N–H and O–H groups in total. The summed E-state index contributed by atoms with van der Waals surface area (Å²) in [5, 5.41) is 12.3. The molecule has 114 valence electrons. The summed E-state index contributed by atoms with van der Waals surface area (Å²) < 4.78 is 0. The normalized spacial score (nSPS) is 15.5. The Balaban J connectivity index is 2.07. The first kappa shape index (κ1) is 14.8. The van der Waals surface area contributed by atoms with Crippen LogP contribution in [0.2, 0.25) is 0 Å². The van der Waals surface area contributed by atoms with Gasteiger partial charge in [0.25, 0.3) is 0 Å². The maximum atomic E-state index is 11.5. The fourth-order valence-electron chi connectivity index (χ4n) is 3.47. The van der Waals surface area contributed by atoms with Crippen molar-refractivity contribution >= 4 is 5.97 Å². The first-order valence-electron chi connectivity index (χ1n) is 7.76. The molecule has 2 aromatic carbocycles. The third kappa shape index (κ3) is 2.77. The quantitative estimate of drug-likeness (QED) is 0.911. The van der Waals surface area contributed by atoms with Crippen LogP contribution in [0.1, 0.15) is 34.6 Å². The lowest BCUT2D eigenvalue weighted by atomic mass is 9.83. The van der Waals surface area contributed by atoms with Crippen molar-refractivity contribution in [2.75, 3.05) is 7.05 Å². The molecule has 0 amide bonds. The van der Waals surface area contributed by atoms with Crippen LogP contribution in [-0.4, -0.2) is 24.2 Å². The number of fused-ring (bicyclic) bond motifs is 2. The Morgan fingerprint density at radius 1 is 1.09 bits per heavy atom. The van der Waals surface area contributed by atoms with Crippen LogP contribution in [-0.2, 0) is 17.6 Å². The Morgan fingerprint density at radius 2 is 1.59 bits per heavy atom. The number of aliphatic carboxylic acids is 1. The summed E-state index contributed by atoms with van der Waals surface area (Å²) in [6, 6.07) is 16.3. The molecule has 2 aromatic rings. The van der Waals surface area contributed by atoms with E-state index in [0.717, 1.165) is 12.8 Å². The highest BCUT2D eigenvalue weighted by Crippen LogP contribution is 2.37. The van der Waals surface area contributed by atoms with E-state index in [4.69, 9.17) is 0 Å². The Labute approximate surface area is 131 Å².